The summed E-state index contributed by atoms with van der Waals surface area (Å²) in [6.07, 6.45) is 6.48. The van der Waals surface area contributed by atoms with Crippen LogP contribution in [0.1, 0.15) is 54.5 Å². The van der Waals surface area contributed by atoms with Gasteiger partial charge in [0.15, 0.2) is 22.9 Å². The van der Waals surface area contributed by atoms with Gasteiger partial charge < -0.3 is 28.6 Å². The van der Waals surface area contributed by atoms with Crippen molar-refractivity contribution in [2.24, 2.45) is 0 Å². The standard InChI is InChI=1S/C48H47N3O5S/c1-7-47(8-2)38-12-10-9-11-34(38)43-36-27-39(52-3)40(53-4)28-37(36)45-35(44(43)47)21-22-48(56-45,32-17-19-33(20-18-32)51-23-25-57-26-24-51)31-15-13-30(14-16-31)46-49-41(54-5)29-42(50-46)55-6/h9-22,27-29H,7-8,23-26H2,1-6H3. The summed E-state index contributed by atoms with van der Waals surface area (Å²) in [7, 11) is 6.57. The summed E-state index contributed by atoms with van der Waals surface area (Å²) in [6, 6.07) is 32.1. The number of hydrogen-bond acceptors (Lipinski definition) is 9. The van der Waals surface area contributed by atoms with Crippen molar-refractivity contribution in [3.63, 3.8) is 0 Å². The van der Waals surface area contributed by atoms with E-state index >= 15 is 0 Å². The highest BCUT2D eigenvalue weighted by Gasteiger charge is 2.47. The lowest BCUT2D eigenvalue weighted by molar-refractivity contribution is 0.163. The van der Waals surface area contributed by atoms with Crippen molar-refractivity contribution in [1.29, 1.82) is 0 Å². The minimum Gasteiger partial charge on any atom is -0.493 e. The maximum atomic E-state index is 7.72. The van der Waals surface area contributed by atoms with Crippen LogP contribution in [0.2, 0.25) is 0 Å². The summed E-state index contributed by atoms with van der Waals surface area (Å²) in [6.45, 7) is 6.70. The van der Waals surface area contributed by atoms with Crippen molar-refractivity contribution in [2.75, 3.05) is 57.9 Å². The summed E-state index contributed by atoms with van der Waals surface area (Å²) in [5.41, 5.74) is 9.17. The molecule has 1 unspecified atom stereocenters. The van der Waals surface area contributed by atoms with Crippen LogP contribution in [0.25, 0.3) is 39.4 Å². The molecule has 8 nitrogen and oxygen atoms in total. The number of nitrogens with zero attached hydrogens (tertiary/aromatic N) is 3. The number of aromatic nitrogens is 2. The minimum absolute atomic E-state index is 0.196. The molecule has 3 aliphatic rings. The number of methoxy groups -OCH3 is 4. The molecule has 9 rings (SSSR count). The quantitative estimate of drug-likeness (QED) is 0.135. The van der Waals surface area contributed by atoms with Gasteiger partial charge in [0, 0.05) is 63.3 Å². The molecule has 0 amide bonds. The highest BCUT2D eigenvalue weighted by atomic mass is 32.2. The molecule has 290 valence electrons. The van der Waals surface area contributed by atoms with E-state index in [1.165, 1.54) is 27.9 Å². The number of rotatable bonds is 10. The Balaban J connectivity index is 1.28. The minimum atomic E-state index is -0.977. The SMILES string of the molecule is CCC1(CC)c2ccccc2-c2c1c1c(c3cc(OC)c(OC)cc23)OC(c2ccc(-c3nc(OC)cc(OC)n3)cc2)(c2ccc(N3CCSCC3)cc2)C=C1. The zero-order valence-electron chi connectivity index (χ0n) is 33.3. The van der Waals surface area contributed by atoms with Crippen LogP contribution in [0, 0.1) is 0 Å². The zero-order chi connectivity index (χ0) is 39.3. The monoisotopic (exact) mass is 777 g/mol. The van der Waals surface area contributed by atoms with Crippen LogP contribution in [-0.2, 0) is 11.0 Å². The third kappa shape index (κ3) is 5.80. The number of anilines is 1. The second-order valence-electron chi connectivity index (χ2n) is 14.8. The van der Waals surface area contributed by atoms with Gasteiger partial charge in [0.2, 0.25) is 11.8 Å². The van der Waals surface area contributed by atoms with Gasteiger partial charge in [-0.05, 0) is 70.8 Å². The first-order valence-electron chi connectivity index (χ1n) is 19.7. The first-order chi connectivity index (χ1) is 27.9. The summed E-state index contributed by atoms with van der Waals surface area (Å²) in [5, 5.41) is 2.06. The molecule has 0 radical (unpaired) electrons. The van der Waals surface area contributed by atoms with E-state index in [9.17, 15) is 0 Å². The summed E-state index contributed by atoms with van der Waals surface area (Å²) in [4.78, 5) is 11.7. The molecule has 0 N–H and O–H groups in total. The maximum Gasteiger partial charge on any atom is 0.220 e. The average Bonchev–Trinajstić information content (AvgIpc) is 3.59. The van der Waals surface area contributed by atoms with Gasteiger partial charge in [0.25, 0.3) is 0 Å². The highest BCUT2D eigenvalue weighted by Crippen LogP contribution is 2.61. The predicted molar refractivity (Wildman–Crippen MR) is 231 cm³/mol. The molecule has 1 saturated heterocycles. The van der Waals surface area contributed by atoms with Crippen LogP contribution in [0.4, 0.5) is 5.69 Å². The van der Waals surface area contributed by atoms with Crippen molar-refractivity contribution < 1.29 is 23.7 Å². The average molecular weight is 778 g/mol. The molecular weight excluding hydrogens is 731 g/mol. The third-order valence-electron chi connectivity index (χ3n) is 12.3. The lowest BCUT2D eigenvalue weighted by Crippen LogP contribution is -2.36. The Bertz CT molecular complexity index is 2490. The van der Waals surface area contributed by atoms with Gasteiger partial charge in [0.05, 0.1) is 34.5 Å². The molecule has 3 heterocycles. The van der Waals surface area contributed by atoms with Gasteiger partial charge in [-0.3, -0.25) is 0 Å². The Kier molecular flexibility index (Phi) is 9.52. The number of thioether (sulfide) groups is 1. The molecule has 57 heavy (non-hydrogen) atoms. The van der Waals surface area contributed by atoms with Crippen molar-refractivity contribution in [1.82, 2.24) is 9.97 Å². The molecule has 2 aliphatic heterocycles. The van der Waals surface area contributed by atoms with E-state index in [0.29, 0.717) is 29.1 Å². The van der Waals surface area contributed by atoms with Gasteiger partial charge in [-0.2, -0.15) is 21.7 Å². The van der Waals surface area contributed by atoms with Crippen LogP contribution in [0.15, 0.2) is 97.1 Å². The predicted octanol–water partition coefficient (Wildman–Crippen LogP) is 10.3. The number of fused-ring (bicyclic) bond motifs is 8. The first kappa shape index (κ1) is 36.9. The van der Waals surface area contributed by atoms with Gasteiger partial charge >= 0.3 is 0 Å². The smallest absolute Gasteiger partial charge is 0.220 e. The zero-order valence-corrected chi connectivity index (χ0v) is 34.2. The Morgan fingerprint density at radius 3 is 1.95 bits per heavy atom. The van der Waals surface area contributed by atoms with E-state index in [1.807, 2.05) is 23.9 Å². The van der Waals surface area contributed by atoms with E-state index in [1.54, 1.807) is 34.5 Å². The number of ether oxygens (including phenoxy) is 5. The molecule has 0 bridgehead atoms. The lowest BCUT2D eigenvalue weighted by atomic mass is 9.71. The number of hydrogen-bond donors (Lipinski definition) is 0. The van der Waals surface area contributed by atoms with Gasteiger partial charge in [-0.25, -0.2) is 0 Å². The van der Waals surface area contributed by atoms with Crippen LogP contribution in [0.3, 0.4) is 0 Å². The first-order valence-corrected chi connectivity index (χ1v) is 20.8. The molecule has 5 aromatic carbocycles. The molecule has 1 atom stereocenters. The van der Waals surface area contributed by atoms with Crippen molar-refractivity contribution in [3.05, 3.63) is 125 Å². The highest BCUT2D eigenvalue weighted by molar-refractivity contribution is 7.99. The lowest BCUT2D eigenvalue weighted by Gasteiger charge is -2.39. The van der Waals surface area contributed by atoms with Gasteiger partial charge in [0.1, 0.15) is 5.75 Å². The van der Waals surface area contributed by atoms with Gasteiger partial charge in [-0.15, -0.1) is 0 Å². The fourth-order valence-electron chi connectivity index (χ4n) is 9.31. The summed E-state index contributed by atoms with van der Waals surface area (Å²) >= 11 is 2.02. The van der Waals surface area contributed by atoms with Crippen molar-refractivity contribution in [3.8, 4) is 51.5 Å². The van der Waals surface area contributed by atoms with Crippen molar-refractivity contribution in [2.45, 2.75) is 37.7 Å². The van der Waals surface area contributed by atoms with Crippen LogP contribution in [0.5, 0.6) is 29.0 Å². The van der Waals surface area contributed by atoms with Crippen LogP contribution >= 0.6 is 11.8 Å². The molecular formula is C48H47N3O5S. The summed E-state index contributed by atoms with van der Waals surface area (Å²) < 4.78 is 30.5. The normalized spacial score (nSPS) is 17.7. The van der Waals surface area contributed by atoms with E-state index in [0.717, 1.165) is 76.2 Å². The van der Waals surface area contributed by atoms with E-state index < -0.39 is 5.60 Å². The molecule has 0 saturated carbocycles. The van der Waals surface area contributed by atoms with E-state index in [4.69, 9.17) is 23.7 Å². The Morgan fingerprint density at radius 2 is 1.33 bits per heavy atom. The van der Waals surface area contributed by atoms with E-state index in [2.05, 4.69) is 114 Å². The Labute approximate surface area is 338 Å². The molecule has 0 spiro atoms. The topological polar surface area (TPSA) is 75.2 Å². The fourth-order valence-corrected chi connectivity index (χ4v) is 10.2. The summed E-state index contributed by atoms with van der Waals surface area (Å²) in [5.74, 6) is 5.82. The molecule has 6 aromatic rings. The molecule has 1 aliphatic carbocycles. The number of benzene rings is 5. The second-order valence-corrected chi connectivity index (χ2v) is 16.0. The molecule has 1 aromatic heterocycles. The van der Waals surface area contributed by atoms with Crippen LogP contribution in [-0.4, -0.2) is 63.0 Å². The van der Waals surface area contributed by atoms with E-state index in [-0.39, 0.29) is 5.41 Å². The Morgan fingerprint density at radius 1 is 0.719 bits per heavy atom. The largest absolute Gasteiger partial charge is 0.493 e. The molecule has 9 heteroatoms. The third-order valence-corrected chi connectivity index (χ3v) is 13.2. The Hall–Kier alpha value is -5.67. The molecule has 1 fully saturated rings. The van der Waals surface area contributed by atoms with Crippen LogP contribution < -0.4 is 28.6 Å². The second kappa shape index (κ2) is 14.7. The maximum absolute atomic E-state index is 7.72. The van der Waals surface area contributed by atoms with Crippen molar-refractivity contribution >= 4 is 34.3 Å². The van der Waals surface area contributed by atoms with Gasteiger partial charge in [-0.1, -0.05) is 80.6 Å². The fraction of sp³-hybridized carbons (Fsp3) is 0.292.